The Morgan fingerprint density at radius 2 is 2.06 bits per heavy atom. The van der Waals surface area contributed by atoms with Gasteiger partial charge >= 0.3 is 0 Å². The van der Waals surface area contributed by atoms with Gasteiger partial charge in [-0.15, -0.1) is 0 Å². The summed E-state index contributed by atoms with van der Waals surface area (Å²) in [5.41, 5.74) is 8.39. The second-order valence-corrected chi connectivity index (χ2v) is 4.44. The maximum absolute atomic E-state index is 5.66. The molecule has 3 rings (SSSR count). The van der Waals surface area contributed by atoms with Crippen LogP contribution in [0.1, 0.15) is 0 Å². The van der Waals surface area contributed by atoms with Gasteiger partial charge in [-0.1, -0.05) is 6.07 Å². The van der Waals surface area contributed by atoms with Crippen LogP contribution in [0.5, 0.6) is 0 Å². The lowest BCUT2D eigenvalue weighted by molar-refractivity contribution is 0.615. The van der Waals surface area contributed by atoms with E-state index in [0.717, 1.165) is 15.6 Å². The molecule has 84 valence electrons. The second-order valence-electron chi connectivity index (χ2n) is 3.58. The van der Waals surface area contributed by atoms with Crippen molar-refractivity contribution in [2.75, 3.05) is 5.73 Å². The number of fused-ring (bicyclic) bond motifs is 1. The summed E-state index contributed by atoms with van der Waals surface area (Å²) in [6.45, 7) is 0. The van der Waals surface area contributed by atoms with Crippen molar-refractivity contribution in [2.24, 2.45) is 0 Å². The molecule has 4 nitrogen and oxygen atoms in total. The molecule has 2 aromatic heterocycles. The Morgan fingerprint density at radius 3 is 2.76 bits per heavy atom. The van der Waals surface area contributed by atoms with Crippen LogP contribution in [-0.4, -0.2) is 9.97 Å². The van der Waals surface area contributed by atoms with E-state index in [-0.39, 0.29) is 0 Å². The van der Waals surface area contributed by atoms with E-state index in [4.69, 9.17) is 10.2 Å². The summed E-state index contributed by atoms with van der Waals surface area (Å²) in [5, 5.41) is 0. The van der Waals surface area contributed by atoms with Crippen molar-refractivity contribution in [3.8, 4) is 11.6 Å². The number of benzene rings is 1. The minimum absolute atomic E-state index is 0.493. The van der Waals surface area contributed by atoms with Crippen molar-refractivity contribution in [2.45, 2.75) is 0 Å². The van der Waals surface area contributed by atoms with Crippen molar-refractivity contribution in [3.63, 3.8) is 0 Å². The molecule has 3 aromatic rings. The number of aromatic nitrogens is 2. The van der Waals surface area contributed by atoms with E-state index in [1.165, 1.54) is 0 Å². The average Bonchev–Trinajstić information content (AvgIpc) is 2.75. The molecule has 17 heavy (non-hydrogen) atoms. The first kappa shape index (κ1) is 10.3. The molecule has 0 saturated carbocycles. The van der Waals surface area contributed by atoms with Gasteiger partial charge in [-0.2, -0.15) is 0 Å². The fourth-order valence-electron chi connectivity index (χ4n) is 1.56. The molecule has 5 heteroatoms. The molecule has 0 saturated heterocycles. The first-order valence-corrected chi connectivity index (χ1v) is 5.80. The molecule has 0 aliphatic rings. The molecule has 0 unspecified atom stereocenters. The van der Waals surface area contributed by atoms with Crippen molar-refractivity contribution in [1.82, 2.24) is 9.97 Å². The highest BCUT2D eigenvalue weighted by molar-refractivity contribution is 9.10. The van der Waals surface area contributed by atoms with Gasteiger partial charge in [-0.25, -0.2) is 9.97 Å². The van der Waals surface area contributed by atoms with Crippen LogP contribution in [-0.2, 0) is 0 Å². The SMILES string of the molecule is Nc1ccc(-c2nc3cccc(Br)c3o2)nc1. The fraction of sp³-hybridized carbons (Fsp3) is 0. The van der Waals surface area contributed by atoms with Crippen LogP contribution in [0.25, 0.3) is 22.7 Å². The molecule has 0 aliphatic heterocycles. The molecule has 2 N–H and O–H groups in total. The molecule has 1 aromatic carbocycles. The van der Waals surface area contributed by atoms with E-state index in [1.54, 1.807) is 18.3 Å². The number of pyridine rings is 1. The average molecular weight is 290 g/mol. The highest BCUT2D eigenvalue weighted by Crippen LogP contribution is 2.28. The smallest absolute Gasteiger partial charge is 0.246 e. The van der Waals surface area contributed by atoms with Crippen LogP contribution < -0.4 is 5.73 Å². The summed E-state index contributed by atoms with van der Waals surface area (Å²) in [4.78, 5) is 8.55. The van der Waals surface area contributed by atoms with E-state index in [1.807, 2.05) is 18.2 Å². The number of hydrogen-bond acceptors (Lipinski definition) is 4. The van der Waals surface area contributed by atoms with Crippen LogP contribution in [0, 0.1) is 0 Å². The topological polar surface area (TPSA) is 64.9 Å². The predicted molar refractivity (Wildman–Crippen MR) is 69.4 cm³/mol. The van der Waals surface area contributed by atoms with E-state index in [9.17, 15) is 0 Å². The number of halogens is 1. The molecule has 0 bridgehead atoms. The third-order valence-corrected chi connectivity index (χ3v) is 3.00. The number of rotatable bonds is 1. The third kappa shape index (κ3) is 1.78. The molecule has 0 spiro atoms. The molecular formula is C12H8BrN3O. The summed E-state index contributed by atoms with van der Waals surface area (Å²) >= 11 is 3.42. The maximum Gasteiger partial charge on any atom is 0.246 e. The number of nitrogens with two attached hydrogens (primary N) is 1. The Labute approximate surface area is 106 Å². The fourth-order valence-corrected chi connectivity index (χ4v) is 1.99. The van der Waals surface area contributed by atoms with E-state index < -0.39 is 0 Å². The van der Waals surface area contributed by atoms with Gasteiger partial charge in [0.25, 0.3) is 0 Å². The molecule has 0 aliphatic carbocycles. The molecule has 0 radical (unpaired) electrons. The lowest BCUT2D eigenvalue weighted by Gasteiger charge is -1.94. The Morgan fingerprint density at radius 1 is 1.18 bits per heavy atom. The summed E-state index contributed by atoms with van der Waals surface area (Å²) in [6.07, 6.45) is 1.58. The van der Waals surface area contributed by atoms with Crippen molar-refractivity contribution in [3.05, 3.63) is 41.0 Å². The summed E-state index contributed by atoms with van der Waals surface area (Å²) in [5.74, 6) is 0.493. The predicted octanol–water partition coefficient (Wildman–Crippen LogP) is 3.23. The van der Waals surface area contributed by atoms with Crippen LogP contribution in [0.4, 0.5) is 5.69 Å². The monoisotopic (exact) mass is 289 g/mol. The minimum Gasteiger partial charge on any atom is -0.433 e. The minimum atomic E-state index is 0.493. The largest absolute Gasteiger partial charge is 0.433 e. The standard InChI is InChI=1S/C12H8BrN3O/c13-8-2-1-3-9-11(8)17-12(16-9)10-5-4-7(14)6-15-10/h1-6H,14H2. The number of para-hydroxylation sites is 1. The van der Waals surface area contributed by atoms with Crippen LogP contribution in [0.2, 0.25) is 0 Å². The summed E-state index contributed by atoms with van der Waals surface area (Å²) in [6, 6.07) is 9.27. The summed E-state index contributed by atoms with van der Waals surface area (Å²) in [7, 11) is 0. The quantitative estimate of drug-likeness (QED) is 0.747. The maximum atomic E-state index is 5.66. The number of anilines is 1. The third-order valence-electron chi connectivity index (χ3n) is 2.37. The normalized spacial score (nSPS) is 10.9. The zero-order valence-corrected chi connectivity index (χ0v) is 10.3. The molecule has 0 fully saturated rings. The van der Waals surface area contributed by atoms with Crippen LogP contribution in [0.15, 0.2) is 45.4 Å². The van der Waals surface area contributed by atoms with Crippen molar-refractivity contribution < 1.29 is 4.42 Å². The molecule has 0 amide bonds. The Balaban J connectivity index is 2.18. The van der Waals surface area contributed by atoms with Crippen LogP contribution in [0.3, 0.4) is 0 Å². The highest BCUT2D eigenvalue weighted by Gasteiger charge is 2.10. The Bertz CT molecular complexity index is 676. The van der Waals surface area contributed by atoms with E-state index in [0.29, 0.717) is 17.3 Å². The highest BCUT2D eigenvalue weighted by atomic mass is 79.9. The number of oxazole rings is 1. The van der Waals surface area contributed by atoms with Gasteiger partial charge in [-0.05, 0) is 40.2 Å². The Kier molecular flexibility index (Phi) is 2.33. The van der Waals surface area contributed by atoms with Gasteiger partial charge in [0.15, 0.2) is 5.58 Å². The molecular weight excluding hydrogens is 282 g/mol. The number of hydrogen-bond donors (Lipinski definition) is 1. The molecule has 2 heterocycles. The number of nitrogen functional groups attached to an aromatic ring is 1. The van der Waals surface area contributed by atoms with Gasteiger partial charge < -0.3 is 10.2 Å². The van der Waals surface area contributed by atoms with Gasteiger partial charge in [-0.3, -0.25) is 0 Å². The van der Waals surface area contributed by atoms with Gasteiger partial charge in [0.05, 0.1) is 16.4 Å². The lowest BCUT2D eigenvalue weighted by atomic mass is 10.3. The van der Waals surface area contributed by atoms with Crippen molar-refractivity contribution in [1.29, 1.82) is 0 Å². The van der Waals surface area contributed by atoms with Crippen LogP contribution >= 0.6 is 15.9 Å². The number of nitrogens with zero attached hydrogens (tertiary/aromatic N) is 2. The van der Waals surface area contributed by atoms with E-state index in [2.05, 4.69) is 25.9 Å². The Hall–Kier alpha value is -1.88. The first-order valence-electron chi connectivity index (χ1n) is 5.01. The lowest BCUT2D eigenvalue weighted by Crippen LogP contribution is -1.87. The molecule has 0 atom stereocenters. The first-order chi connectivity index (χ1) is 8.24. The summed E-state index contributed by atoms with van der Waals surface area (Å²) < 4.78 is 6.54. The second kappa shape index (κ2) is 3.85. The zero-order chi connectivity index (χ0) is 11.8. The zero-order valence-electron chi connectivity index (χ0n) is 8.72. The van der Waals surface area contributed by atoms with Gasteiger partial charge in [0.2, 0.25) is 5.89 Å². The van der Waals surface area contributed by atoms with Gasteiger partial charge in [0, 0.05) is 0 Å². The van der Waals surface area contributed by atoms with E-state index >= 15 is 0 Å². The van der Waals surface area contributed by atoms with Gasteiger partial charge in [0.1, 0.15) is 11.2 Å². The van der Waals surface area contributed by atoms with Crippen molar-refractivity contribution >= 4 is 32.7 Å².